The maximum atomic E-state index is 10.7. The molecule has 0 aliphatic heterocycles. The largest absolute Gasteiger partial charge is 0.489 e. The number of benzene rings is 3. The first kappa shape index (κ1) is 18.5. The molecule has 0 amide bonds. The van der Waals surface area contributed by atoms with Crippen LogP contribution in [0.1, 0.15) is 22.3 Å². The summed E-state index contributed by atoms with van der Waals surface area (Å²) in [4.78, 5) is 10.3. The van der Waals surface area contributed by atoms with Gasteiger partial charge in [-0.15, -0.1) is 0 Å². The van der Waals surface area contributed by atoms with E-state index in [4.69, 9.17) is 4.74 Å². The topological polar surface area (TPSA) is 64.4 Å². The molecule has 27 heavy (non-hydrogen) atoms. The molecule has 0 fully saturated rings. The number of aryl methyl sites for hydroxylation is 1. The second kappa shape index (κ2) is 8.36. The highest BCUT2D eigenvalue weighted by atomic mass is 16.6. The van der Waals surface area contributed by atoms with Crippen LogP contribution >= 0.6 is 0 Å². The van der Waals surface area contributed by atoms with Crippen molar-refractivity contribution in [3.8, 4) is 5.75 Å². The summed E-state index contributed by atoms with van der Waals surface area (Å²) >= 11 is 0. The molecular formula is C22H22N2O3. The molecule has 3 aromatic carbocycles. The average molecular weight is 362 g/mol. The maximum absolute atomic E-state index is 10.7. The fraction of sp³-hybridized carbons (Fsp3) is 0.182. The van der Waals surface area contributed by atoms with Crippen LogP contribution in [0, 0.1) is 24.0 Å². The van der Waals surface area contributed by atoms with Crippen LogP contribution in [0.25, 0.3) is 0 Å². The van der Waals surface area contributed by atoms with Gasteiger partial charge < -0.3 is 10.1 Å². The van der Waals surface area contributed by atoms with E-state index in [9.17, 15) is 10.1 Å². The van der Waals surface area contributed by atoms with E-state index < -0.39 is 4.92 Å². The molecule has 0 saturated heterocycles. The number of nitrogens with zero attached hydrogens (tertiary/aromatic N) is 1. The lowest BCUT2D eigenvalue weighted by molar-refractivity contribution is -0.384. The summed E-state index contributed by atoms with van der Waals surface area (Å²) in [5.41, 5.74) is 5.62. The van der Waals surface area contributed by atoms with Crippen LogP contribution in [0.15, 0.2) is 66.7 Å². The quantitative estimate of drug-likeness (QED) is 0.451. The van der Waals surface area contributed by atoms with Gasteiger partial charge in [0.15, 0.2) is 0 Å². The highest BCUT2D eigenvalue weighted by molar-refractivity contribution is 5.54. The van der Waals surface area contributed by atoms with Crippen LogP contribution in [-0.4, -0.2) is 4.92 Å². The van der Waals surface area contributed by atoms with E-state index in [0.717, 1.165) is 22.6 Å². The van der Waals surface area contributed by atoms with Gasteiger partial charge in [0.25, 0.3) is 5.69 Å². The molecule has 0 radical (unpaired) electrons. The molecule has 138 valence electrons. The van der Waals surface area contributed by atoms with Gasteiger partial charge in [0.1, 0.15) is 12.4 Å². The van der Waals surface area contributed by atoms with E-state index in [1.54, 1.807) is 12.1 Å². The van der Waals surface area contributed by atoms with Crippen LogP contribution in [0.4, 0.5) is 11.4 Å². The zero-order valence-electron chi connectivity index (χ0n) is 15.4. The fourth-order valence-electron chi connectivity index (χ4n) is 2.80. The molecule has 0 heterocycles. The first-order valence-corrected chi connectivity index (χ1v) is 8.78. The number of nitrogens with one attached hydrogen (secondary N) is 1. The minimum atomic E-state index is -0.404. The number of hydrogen-bond acceptors (Lipinski definition) is 4. The summed E-state index contributed by atoms with van der Waals surface area (Å²) in [7, 11) is 0. The van der Waals surface area contributed by atoms with Gasteiger partial charge in [-0.1, -0.05) is 30.3 Å². The molecule has 0 atom stereocenters. The van der Waals surface area contributed by atoms with E-state index >= 15 is 0 Å². The Labute approximate surface area is 158 Å². The molecule has 0 bridgehead atoms. The van der Waals surface area contributed by atoms with Gasteiger partial charge in [-0.25, -0.2) is 0 Å². The molecule has 3 aromatic rings. The third kappa shape index (κ3) is 4.64. The molecule has 5 heteroatoms. The summed E-state index contributed by atoms with van der Waals surface area (Å²) in [5, 5.41) is 14.2. The van der Waals surface area contributed by atoms with Crippen molar-refractivity contribution in [2.24, 2.45) is 0 Å². The summed E-state index contributed by atoms with van der Waals surface area (Å²) in [6, 6.07) is 20.5. The maximum Gasteiger partial charge on any atom is 0.269 e. The van der Waals surface area contributed by atoms with E-state index in [0.29, 0.717) is 13.2 Å². The first-order valence-electron chi connectivity index (χ1n) is 8.78. The van der Waals surface area contributed by atoms with Crippen molar-refractivity contribution in [2.45, 2.75) is 27.0 Å². The highest BCUT2D eigenvalue weighted by Gasteiger charge is 2.07. The Hall–Kier alpha value is -3.34. The summed E-state index contributed by atoms with van der Waals surface area (Å²) < 4.78 is 5.96. The molecule has 0 saturated carbocycles. The number of nitro benzene ring substituents is 1. The Morgan fingerprint density at radius 1 is 0.963 bits per heavy atom. The van der Waals surface area contributed by atoms with Gasteiger partial charge in [-0.2, -0.15) is 0 Å². The van der Waals surface area contributed by atoms with Crippen LogP contribution < -0.4 is 10.1 Å². The zero-order valence-corrected chi connectivity index (χ0v) is 15.4. The highest BCUT2D eigenvalue weighted by Crippen LogP contribution is 2.23. The van der Waals surface area contributed by atoms with Crippen molar-refractivity contribution in [2.75, 3.05) is 5.32 Å². The number of para-hydroxylation sites is 1. The monoisotopic (exact) mass is 362 g/mol. The number of nitro groups is 1. The predicted molar refractivity (Wildman–Crippen MR) is 107 cm³/mol. The molecule has 0 unspecified atom stereocenters. The number of anilines is 1. The lowest BCUT2D eigenvalue weighted by Gasteiger charge is -2.15. The molecular weight excluding hydrogens is 340 g/mol. The van der Waals surface area contributed by atoms with Crippen LogP contribution in [0.5, 0.6) is 5.75 Å². The predicted octanol–water partition coefficient (Wildman–Crippen LogP) is 5.40. The number of ether oxygens (including phenoxy) is 1. The zero-order chi connectivity index (χ0) is 19.2. The SMILES string of the molecule is Cc1cccc(NCc2ccccc2OCc2ccc([N+](=O)[O-])cc2)c1C. The van der Waals surface area contributed by atoms with Crippen molar-refractivity contribution < 1.29 is 9.66 Å². The molecule has 0 aliphatic carbocycles. The Morgan fingerprint density at radius 3 is 2.44 bits per heavy atom. The molecule has 5 nitrogen and oxygen atoms in total. The van der Waals surface area contributed by atoms with Crippen molar-refractivity contribution in [3.63, 3.8) is 0 Å². The Morgan fingerprint density at radius 2 is 1.70 bits per heavy atom. The minimum absolute atomic E-state index is 0.0804. The Kier molecular flexibility index (Phi) is 5.71. The van der Waals surface area contributed by atoms with E-state index in [2.05, 4.69) is 31.3 Å². The minimum Gasteiger partial charge on any atom is -0.489 e. The van der Waals surface area contributed by atoms with Gasteiger partial charge in [0.2, 0.25) is 0 Å². The standard InChI is InChI=1S/C22H22N2O3/c1-16-6-5-8-21(17(16)2)23-14-19-7-3-4-9-22(19)27-15-18-10-12-20(13-11-18)24(25)26/h3-13,23H,14-15H2,1-2H3. The fourth-order valence-corrected chi connectivity index (χ4v) is 2.80. The van der Waals surface area contributed by atoms with Crippen molar-refractivity contribution in [3.05, 3.63) is 99.1 Å². The Balaban J connectivity index is 1.66. The molecule has 0 aromatic heterocycles. The summed E-state index contributed by atoms with van der Waals surface area (Å²) in [5.74, 6) is 0.800. The normalized spacial score (nSPS) is 10.4. The lowest BCUT2D eigenvalue weighted by atomic mass is 10.1. The Bertz CT molecular complexity index is 937. The van der Waals surface area contributed by atoms with Crippen molar-refractivity contribution in [1.82, 2.24) is 0 Å². The van der Waals surface area contributed by atoms with Gasteiger partial charge in [0, 0.05) is 29.9 Å². The summed E-state index contributed by atoms with van der Waals surface area (Å²) in [6.45, 7) is 5.22. The molecule has 0 aliphatic rings. The third-order valence-electron chi connectivity index (χ3n) is 4.59. The second-order valence-corrected chi connectivity index (χ2v) is 6.42. The molecule has 0 spiro atoms. The second-order valence-electron chi connectivity index (χ2n) is 6.42. The van der Waals surface area contributed by atoms with Gasteiger partial charge >= 0.3 is 0 Å². The van der Waals surface area contributed by atoms with Crippen LogP contribution in [0.3, 0.4) is 0 Å². The van der Waals surface area contributed by atoms with Gasteiger partial charge in [-0.3, -0.25) is 10.1 Å². The number of hydrogen-bond donors (Lipinski definition) is 1. The van der Waals surface area contributed by atoms with E-state index in [-0.39, 0.29) is 5.69 Å². The van der Waals surface area contributed by atoms with Gasteiger partial charge in [0.05, 0.1) is 4.92 Å². The van der Waals surface area contributed by atoms with E-state index in [1.165, 1.54) is 23.3 Å². The molecule has 3 rings (SSSR count). The van der Waals surface area contributed by atoms with Crippen molar-refractivity contribution >= 4 is 11.4 Å². The first-order chi connectivity index (χ1) is 13.0. The van der Waals surface area contributed by atoms with Crippen LogP contribution in [-0.2, 0) is 13.2 Å². The van der Waals surface area contributed by atoms with Gasteiger partial charge in [-0.05, 0) is 54.8 Å². The smallest absolute Gasteiger partial charge is 0.269 e. The third-order valence-corrected chi connectivity index (χ3v) is 4.59. The lowest BCUT2D eigenvalue weighted by Crippen LogP contribution is -2.05. The van der Waals surface area contributed by atoms with Crippen molar-refractivity contribution in [1.29, 1.82) is 0 Å². The number of non-ortho nitro benzene ring substituents is 1. The van der Waals surface area contributed by atoms with Crippen LogP contribution in [0.2, 0.25) is 0 Å². The molecule has 1 N–H and O–H groups in total. The summed E-state index contributed by atoms with van der Waals surface area (Å²) in [6.07, 6.45) is 0. The average Bonchev–Trinajstić information content (AvgIpc) is 2.68. The number of rotatable bonds is 7. The van der Waals surface area contributed by atoms with E-state index in [1.807, 2.05) is 30.3 Å².